The zero-order valence-electron chi connectivity index (χ0n) is 21.9. The minimum absolute atomic E-state index is 0.122. The summed E-state index contributed by atoms with van der Waals surface area (Å²) >= 11 is 0. The van der Waals surface area contributed by atoms with Gasteiger partial charge >= 0.3 is 0 Å². The number of tetrazole rings is 1. The Balaban J connectivity index is 1.53. The van der Waals surface area contributed by atoms with E-state index in [9.17, 15) is 9.18 Å². The first-order valence-electron chi connectivity index (χ1n) is 12.8. The van der Waals surface area contributed by atoms with Crippen LogP contribution in [-0.4, -0.2) is 30.1 Å². The highest BCUT2D eigenvalue weighted by Crippen LogP contribution is 2.27. The van der Waals surface area contributed by atoms with Gasteiger partial charge in [-0.15, -0.1) is 5.10 Å². The van der Waals surface area contributed by atoms with Crippen LogP contribution in [0, 0.1) is 19.7 Å². The van der Waals surface area contributed by atoms with Crippen LogP contribution in [-0.2, 0) is 19.6 Å². The fraction of sp³-hybridized carbons (Fsp3) is 0.267. The number of nitrogens with zero attached hydrogens (tertiary/aromatic N) is 5. The van der Waals surface area contributed by atoms with Gasteiger partial charge in [0, 0.05) is 24.2 Å². The van der Waals surface area contributed by atoms with Crippen LogP contribution in [0.1, 0.15) is 53.0 Å². The van der Waals surface area contributed by atoms with Crippen molar-refractivity contribution in [2.75, 3.05) is 0 Å². The highest BCUT2D eigenvalue weighted by molar-refractivity contribution is 5.80. The highest BCUT2D eigenvalue weighted by Gasteiger charge is 2.26. The van der Waals surface area contributed by atoms with Crippen LogP contribution in [0.2, 0.25) is 0 Å². The fourth-order valence-corrected chi connectivity index (χ4v) is 4.88. The van der Waals surface area contributed by atoms with Gasteiger partial charge in [0.15, 0.2) is 5.82 Å². The maximum atomic E-state index is 13.7. The lowest BCUT2D eigenvalue weighted by Crippen LogP contribution is -2.32. The minimum Gasteiger partial charge on any atom is -0.322 e. The molecule has 2 aromatic heterocycles. The smallest absolute Gasteiger partial charge is 0.252 e. The molecule has 38 heavy (non-hydrogen) atoms. The van der Waals surface area contributed by atoms with Gasteiger partial charge in [-0.3, -0.25) is 9.69 Å². The first-order chi connectivity index (χ1) is 18.4. The molecule has 5 rings (SSSR count). The Kier molecular flexibility index (Phi) is 7.42. The number of hydrogen-bond donors (Lipinski definition) is 1. The van der Waals surface area contributed by atoms with Crippen molar-refractivity contribution in [1.82, 2.24) is 30.1 Å². The van der Waals surface area contributed by atoms with E-state index in [0.717, 1.165) is 39.8 Å². The van der Waals surface area contributed by atoms with Gasteiger partial charge in [-0.2, -0.15) is 0 Å². The second-order valence-corrected chi connectivity index (χ2v) is 9.78. The molecule has 194 valence electrons. The quantitative estimate of drug-likeness (QED) is 0.284. The molecule has 2 heterocycles. The van der Waals surface area contributed by atoms with Gasteiger partial charge < -0.3 is 4.98 Å². The zero-order valence-corrected chi connectivity index (χ0v) is 21.9. The van der Waals surface area contributed by atoms with Crippen LogP contribution < -0.4 is 5.56 Å². The monoisotopic (exact) mass is 510 g/mol. The van der Waals surface area contributed by atoms with E-state index in [2.05, 4.69) is 45.3 Å². The summed E-state index contributed by atoms with van der Waals surface area (Å²) in [5, 5.41) is 13.7. The molecule has 0 unspecified atom stereocenters. The Morgan fingerprint density at radius 1 is 0.947 bits per heavy atom. The summed E-state index contributed by atoms with van der Waals surface area (Å²) in [5.41, 5.74) is 5.70. The number of benzene rings is 3. The summed E-state index contributed by atoms with van der Waals surface area (Å²) in [5.74, 6) is 0.443. The number of fused-ring (bicyclic) bond motifs is 1. The maximum absolute atomic E-state index is 13.7. The van der Waals surface area contributed by atoms with Gasteiger partial charge in [0.1, 0.15) is 5.82 Å². The van der Waals surface area contributed by atoms with E-state index in [1.807, 2.05) is 54.1 Å². The number of aromatic amines is 1. The van der Waals surface area contributed by atoms with Crippen molar-refractivity contribution in [3.8, 4) is 0 Å². The molecule has 8 heteroatoms. The first-order valence-corrected chi connectivity index (χ1v) is 12.8. The molecule has 0 aliphatic heterocycles. The van der Waals surface area contributed by atoms with Crippen molar-refractivity contribution >= 4 is 10.9 Å². The fourth-order valence-electron chi connectivity index (χ4n) is 4.88. The van der Waals surface area contributed by atoms with Crippen LogP contribution in [0.3, 0.4) is 0 Å². The number of H-pyrrole nitrogens is 1. The maximum Gasteiger partial charge on any atom is 0.252 e. The number of hydrogen-bond acceptors (Lipinski definition) is 5. The average Bonchev–Trinajstić information content (AvgIpc) is 3.35. The molecule has 0 saturated carbocycles. The van der Waals surface area contributed by atoms with Gasteiger partial charge in [0.25, 0.3) is 5.56 Å². The van der Waals surface area contributed by atoms with E-state index in [0.29, 0.717) is 25.2 Å². The summed E-state index contributed by atoms with van der Waals surface area (Å²) in [7, 11) is 0. The second-order valence-electron chi connectivity index (χ2n) is 9.78. The summed E-state index contributed by atoms with van der Waals surface area (Å²) in [6.45, 7) is 7.62. The van der Waals surface area contributed by atoms with Gasteiger partial charge in [0.2, 0.25) is 0 Å². The first kappa shape index (κ1) is 25.5. The number of nitrogens with one attached hydrogen (secondary N) is 1. The Morgan fingerprint density at radius 3 is 2.42 bits per heavy atom. The molecule has 0 aliphatic carbocycles. The topological polar surface area (TPSA) is 79.7 Å². The predicted molar refractivity (Wildman–Crippen MR) is 146 cm³/mol. The SMILES string of the molecule is CC[C@@H](c1nnnn1Cc1ccccc1)N(Cc1ccc(F)cc1)Cc1cc2cc(C)c(C)cc2[nH]c1=O. The van der Waals surface area contributed by atoms with Crippen molar-refractivity contribution in [2.45, 2.75) is 52.9 Å². The standard InChI is InChI=1S/C30H31FN6O/c1-4-28(29-33-34-35-37(29)18-22-8-6-5-7-9-22)36(17-23-10-12-26(31)13-11-23)19-25-16-24-14-20(2)21(3)15-27(24)32-30(25)38/h5-16,28H,4,17-19H2,1-3H3,(H,32,38)/t28-/m0/s1. The number of aromatic nitrogens is 5. The number of pyridine rings is 1. The van der Waals surface area contributed by atoms with Crippen molar-refractivity contribution in [3.05, 3.63) is 123 Å². The van der Waals surface area contributed by atoms with Crippen molar-refractivity contribution in [1.29, 1.82) is 0 Å². The third-order valence-corrected chi connectivity index (χ3v) is 7.07. The number of rotatable bonds is 9. The largest absolute Gasteiger partial charge is 0.322 e. The lowest BCUT2D eigenvalue weighted by Gasteiger charge is -2.30. The summed E-state index contributed by atoms with van der Waals surface area (Å²) in [6.07, 6.45) is 0.722. The van der Waals surface area contributed by atoms with Crippen LogP contribution >= 0.6 is 0 Å². The van der Waals surface area contributed by atoms with Crippen molar-refractivity contribution < 1.29 is 4.39 Å². The second kappa shape index (κ2) is 11.1. The third-order valence-electron chi connectivity index (χ3n) is 7.07. The van der Waals surface area contributed by atoms with Crippen LogP contribution in [0.4, 0.5) is 4.39 Å². The molecule has 3 aromatic carbocycles. The van der Waals surface area contributed by atoms with E-state index in [4.69, 9.17) is 0 Å². The molecule has 0 spiro atoms. The molecular weight excluding hydrogens is 479 g/mol. The summed E-state index contributed by atoms with van der Waals surface area (Å²) < 4.78 is 15.5. The molecule has 5 aromatic rings. The van der Waals surface area contributed by atoms with Crippen molar-refractivity contribution in [2.24, 2.45) is 0 Å². The van der Waals surface area contributed by atoms with E-state index in [1.54, 1.807) is 12.1 Å². The zero-order chi connectivity index (χ0) is 26.6. The van der Waals surface area contributed by atoms with Crippen LogP contribution in [0.15, 0.2) is 77.6 Å². The van der Waals surface area contributed by atoms with Crippen LogP contribution in [0.25, 0.3) is 10.9 Å². The van der Waals surface area contributed by atoms with Crippen molar-refractivity contribution in [3.63, 3.8) is 0 Å². The summed E-state index contributed by atoms with van der Waals surface area (Å²) in [6, 6.07) is 22.4. The number of halogens is 1. The Morgan fingerprint density at radius 2 is 1.68 bits per heavy atom. The Bertz CT molecular complexity index is 1590. The van der Waals surface area contributed by atoms with Gasteiger partial charge in [-0.1, -0.05) is 49.4 Å². The molecule has 0 bridgehead atoms. The molecule has 0 fully saturated rings. The number of aryl methyl sites for hydroxylation is 2. The Labute approximate surface area is 220 Å². The van der Waals surface area contributed by atoms with Gasteiger partial charge in [-0.25, -0.2) is 9.07 Å². The van der Waals surface area contributed by atoms with E-state index >= 15 is 0 Å². The molecule has 0 amide bonds. The molecule has 0 radical (unpaired) electrons. The van der Waals surface area contributed by atoms with E-state index < -0.39 is 0 Å². The van der Waals surface area contributed by atoms with E-state index in [1.165, 1.54) is 17.7 Å². The van der Waals surface area contributed by atoms with Gasteiger partial charge in [-0.05, 0) is 88.7 Å². The lowest BCUT2D eigenvalue weighted by atomic mass is 10.0. The third kappa shape index (κ3) is 5.55. The van der Waals surface area contributed by atoms with Crippen LogP contribution in [0.5, 0.6) is 0 Å². The molecule has 1 atom stereocenters. The molecule has 7 nitrogen and oxygen atoms in total. The predicted octanol–water partition coefficient (Wildman–Crippen LogP) is 5.47. The summed E-state index contributed by atoms with van der Waals surface area (Å²) in [4.78, 5) is 18.4. The molecule has 0 aliphatic rings. The molecule has 0 saturated heterocycles. The minimum atomic E-state index is -0.282. The normalized spacial score (nSPS) is 12.3. The van der Waals surface area contributed by atoms with Gasteiger partial charge in [0.05, 0.1) is 12.6 Å². The molecular formula is C30H31FN6O. The van der Waals surface area contributed by atoms with E-state index in [-0.39, 0.29) is 17.4 Å². The average molecular weight is 511 g/mol. The lowest BCUT2D eigenvalue weighted by molar-refractivity contribution is 0.161. The Hall–Kier alpha value is -4.17. The molecule has 1 N–H and O–H groups in total. The highest BCUT2D eigenvalue weighted by atomic mass is 19.1.